The summed E-state index contributed by atoms with van der Waals surface area (Å²) < 4.78 is 47.3. The summed E-state index contributed by atoms with van der Waals surface area (Å²) in [6.45, 7) is 2.14. The van der Waals surface area contributed by atoms with Gasteiger partial charge < -0.3 is 0 Å². The van der Waals surface area contributed by atoms with Crippen LogP contribution in [-0.2, 0) is 0 Å². The van der Waals surface area contributed by atoms with Crippen LogP contribution >= 0.6 is 0 Å². The van der Waals surface area contributed by atoms with Gasteiger partial charge in [0.1, 0.15) is 17.5 Å². The van der Waals surface area contributed by atoms with Crippen molar-refractivity contribution in [2.75, 3.05) is 0 Å². The first kappa shape index (κ1) is 25.3. The van der Waals surface area contributed by atoms with E-state index in [4.69, 9.17) is 0 Å². The molecule has 3 aromatic carbocycles. The maximum Gasteiger partial charge on any atom is 0.317 e. The van der Waals surface area contributed by atoms with Crippen molar-refractivity contribution in [2.24, 2.45) is 0 Å². The minimum Gasteiger partial charge on any atom is -0.224 e. The minimum absolute atomic E-state index is 0.342. The van der Waals surface area contributed by atoms with Crippen LogP contribution in [0, 0.1) is 17.5 Å². The van der Waals surface area contributed by atoms with Crippen LogP contribution in [0.25, 0.3) is 0 Å². The molecular weight excluding hydrogens is 432 g/mol. The summed E-state index contributed by atoms with van der Waals surface area (Å²) in [5.41, 5.74) is 2.31. The van der Waals surface area contributed by atoms with E-state index in [1.54, 1.807) is 30.7 Å². The van der Waals surface area contributed by atoms with Crippen molar-refractivity contribution in [1.82, 2.24) is 0 Å². The zero-order valence-corrected chi connectivity index (χ0v) is 19.5. The maximum absolute atomic E-state index is 14.2. The van der Waals surface area contributed by atoms with Crippen molar-refractivity contribution in [2.45, 2.75) is 38.9 Å². The summed E-state index contributed by atoms with van der Waals surface area (Å²) in [4.78, 5) is 0. The molecule has 4 aromatic rings. The highest BCUT2D eigenvalue weighted by Gasteiger charge is 2.30. The van der Waals surface area contributed by atoms with Gasteiger partial charge in [-0.2, -0.15) is 22.7 Å². The summed E-state index contributed by atoms with van der Waals surface area (Å²) in [6, 6.07) is 24.9. The standard InChI is InChI=1S/C24H25BF3.C5H5O/c1-2-3-4-5-15-25(19-9-6-12-22(26)16-19,20-10-7-13-23(27)17-20)21-11-8-14-24(28)18-21;1-2-4-6-5-3-1/h6-14,16-18H,2-5,15H2,1H3;1-5H/q-1;+1. The molecule has 5 heteroatoms. The molecule has 176 valence electrons. The largest absolute Gasteiger partial charge is 0.317 e. The van der Waals surface area contributed by atoms with Crippen LogP contribution in [0.2, 0.25) is 6.32 Å². The molecule has 0 spiro atoms. The van der Waals surface area contributed by atoms with Gasteiger partial charge in [0.2, 0.25) is 0 Å². The molecule has 0 aliphatic heterocycles. The Hall–Kier alpha value is -3.34. The number of benzene rings is 3. The van der Waals surface area contributed by atoms with Crippen LogP contribution in [0.15, 0.2) is 108 Å². The maximum atomic E-state index is 14.2. The fourth-order valence-electron chi connectivity index (χ4n) is 4.68. The molecule has 34 heavy (non-hydrogen) atoms. The quantitative estimate of drug-likeness (QED) is 0.161. The molecule has 0 fully saturated rings. The van der Waals surface area contributed by atoms with Crippen molar-refractivity contribution in [1.29, 1.82) is 0 Å². The van der Waals surface area contributed by atoms with E-state index in [1.165, 1.54) is 36.4 Å². The summed E-state index contributed by atoms with van der Waals surface area (Å²) in [5, 5.41) is 0. The van der Waals surface area contributed by atoms with Crippen molar-refractivity contribution >= 4 is 22.5 Å². The van der Waals surface area contributed by atoms with E-state index < -0.39 is 6.15 Å². The third kappa shape index (κ3) is 6.60. The van der Waals surface area contributed by atoms with Gasteiger partial charge in [0, 0.05) is 12.1 Å². The van der Waals surface area contributed by atoms with Gasteiger partial charge in [-0.15, -0.1) is 0 Å². The predicted molar refractivity (Wildman–Crippen MR) is 136 cm³/mol. The van der Waals surface area contributed by atoms with Crippen LogP contribution in [-0.4, -0.2) is 6.15 Å². The van der Waals surface area contributed by atoms with Crippen molar-refractivity contribution in [3.8, 4) is 0 Å². The summed E-state index contributed by atoms with van der Waals surface area (Å²) in [7, 11) is 0. The summed E-state index contributed by atoms with van der Waals surface area (Å²) >= 11 is 0. The molecule has 1 heterocycles. The van der Waals surface area contributed by atoms with Crippen LogP contribution in [0.3, 0.4) is 0 Å². The molecule has 0 saturated carbocycles. The zero-order valence-electron chi connectivity index (χ0n) is 19.5. The van der Waals surface area contributed by atoms with Crippen molar-refractivity contribution in [3.05, 3.63) is 121 Å². The number of hydrogen-bond donors (Lipinski definition) is 0. The molecule has 0 saturated heterocycles. The molecule has 0 amide bonds. The summed E-state index contributed by atoms with van der Waals surface area (Å²) in [6.07, 6.45) is 6.37. The van der Waals surface area contributed by atoms with E-state index >= 15 is 0 Å². The smallest absolute Gasteiger partial charge is 0.224 e. The lowest BCUT2D eigenvalue weighted by Gasteiger charge is -2.43. The lowest BCUT2D eigenvalue weighted by atomic mass is 9.14. The molecule has 0 atom stereocenters. The van der Waals surface area contributed by atoms with Gasteiger partial charge in [0.25, 0.3) is 0 Å². The van der Waals surface area contributed by atoms with Gasteiger partial charge >= 0.3 is 12.5 Å². The van der Waals surface area contributed by atoms with Crippen LogP contribution < -0.4 is 16.4 Å². The Kier molecular flexibility index (Phi) is 9.51. The monoisotopic (exact) mass is 462 g/mol. The Morgan fingerprint density at radius 2 is 1.06 bits per heavy atom. The highest BCUT2D eigenvalue weighted by Crippen LogP contribution is 2.19. The van der Waals surface area contributed by atoms with Crippen molar-refractivity contribution in [3.63, 3.8) is 0 Å². The molecule has 0 unspecified atom stereocenters. The average Bonchev–Trinajstić information content (AvgIpc) is 2.86. The van der Waals surface area contributed by atoms with Gasteiger partial charge in [0.05, 0.1) is 6.15 Å². The molecule has 0 aliphatic carbocycles. The fourth-order valence-corrected chi connectivity index (χ4v) is 4.68. The Morgan fingerprint density at radius 3 is 1.38 bits per heavy atom. The van der Waals surface area contributed by atoms with E-state index in [9.17, 15) is 13.2 Å². The molecule has 4 rings (SSSR count). The zero-order chi connectivity index (χ0) is 24.2. The highest BCUT2D eigenvalue weighted by molar-refractivity contribution is 7.11. The molecule has 0 bridgehead atoms. The van der Waals surface area contributed by atoms with Crippen LogP contribution in [0.5, 0.6) is 0 Å². The Morgan fingerprint density at radius 1 is 0.588 bits per heavy atom. The Labute approximate surface area is 200 Å². The lowest BCUT2D eigenvalue weighted by Crippen LogP contribution is -2.67. The van der Waals surface area contributed by atoms with Crippen molar-refractivity contribution < 1.29 is 17.6 Å². The molecule has 0 radical (unpaired) electrons. The second kappa shape index (κ2) is 12.8. The first-order chi connectivity index (χ1) is 16.6. The van der Waals surface area contributed by atoms with E-state index in [1.807, 2.05) is 36.4 Å². The molecule has 0 N–H and O–H groups in total. The Balaban J connectivity index is 0.000000469. The van der Waals surface area contributed by atoms with E-state index in [0.29, 0.717) is 6.32 Å². The van der Waals surface area contributed by atoms with Crippen LogP contribution in [0.1, 0.15) is 32.6 Å². The highest BCUT2D eigenvalue weighted by atomic mass is 19.1. The molecule has 1 aromatic heterocycles. The van der Waals surface area contributed by atoms with Crippen LogP contribution in [0.4, 0.5) is 13.2 Å². The SMILES string of the molecule is CCCCCC[B-](c1cccc(F)c1)(c1cccc(F)c1)c1cccc(F)c1.c1cc[o+]cc1. The third-order valence-electron chi connectivity index (χ3n) is 6.28. The number of hydrogen-bond acceptors (Lipinski definition) is 0. The van der Waals surface area contributed by atoms with E-state index in [-0.39, 0.29) is 17.5 Å². The molecule has 0 aliphatic rings. The molecular formula is C29H30BF3O. The van der Waals surface area contributed by atoms with Gasteiger partial charge in [-0.05, 0) is 24.3 Å². The topological polar surface area (TPSA) is 11.3 Å². The normalized spacial score (nSPS) is 10.9. The Bertz CT molecular complexity index is 1010. The average molecular weight is 462 g/mol. The first-order valence-corrected chi connectivity index (χ1v) is 11.8. The van der Waals surface area contributed by atoms with Gasteiger partial charge in [-0.25, -0.2) is 17.6 Å². The number of rotatable bonds is 8. The first-order valence-electron chi connectivity index (χ1n) is 11.8. The van der Waals surface area contributed by atoms with Gasteiger partial charge in [-0.1, -0.05) is 87.2 Å². The fraction of sp³-hybridized carbons (Fsp3) is 0.207. The second-order valence-electron chi connectivity index (χ2n) is 8.55. The van der Waals surface area contributed by atoms with Gasteiger partial charge in [0.15, 0.2) is 0 Å². The lowest BCUT2D eigenvalue weighted by molar-refractivity contribution is 0.550. The second-order valence-corrected chi connectivity index (χ2v) is 8.55. The van der Waals surface area contributed by atoms with E-state index in [0.717, 1.165) is 42.1 Å². The molecule has 1 nitrogen and oxygen atoms in total. The number of unbranched alkanes of at least 4 members (excludes halogenated alkanes) is 3. The minimum atomic E-state index is -1.71. The van der Waals surface area contributed by atoms with Gasteiger partial charge in [-0.3, -0.25) is 0 Å². The van der Waals surface area contributed by atoms with E-state index in [2.05, 4.69) is 11.3 Å². The number of halogens is 3. The summed E-state index contributed by atoms with van der Waals surface area (Å²) in [5.74, 6) is -1.03. The predicted octanol–water partition coefficient (Wildman–Crippen LogP) is 6.72. The third-order valence-corrected chi connectivity index (χ3v) is 6.28.